The lowest BCUT2D eigenvalue weighted by Crippen LogP contribution is -2.00. The van der Waals surface area contributed by atoms with Crippen LogP contribution in [-0.2, 0) is 0 Å². The average molecular weight is 676 g/mol. The first-order chi connectivity index (χ1) is 26.2. The van der Waals surface area contributed by atoms with Gasteiger partial charge in [-0.15, -0.1) is 0 Å². The maximum Gasteiger partial charge on any atom is 0.164 e. The fourth-order valence-corrected chi connectivity index (χ4v) is 7.95. The summed E-state index contributed by atoms with van der Waals surface area (Å²) in [6.07, 6.45) is 0. The van der Waals surface area contributed by atoms with Gasteiger partial charge in [0.1, 0.15) is 11.2 Å². The smallest absolute Gasteiger partial charge is 0.164 e. The number of fused-ring (bicyclic) bond motifs is 10. The van der Waals surface area contributed by atoms with E-state index in [0.29, 0.717) is 17.5 Å². The maximum absolute atomic E-state index is 6.19. The summed E-state index contributed by atoms with van der Waals surface area (Å²) in [7, 11) is 0. The van der Waals surface area contributed by atoms with E-state index >= 15 is 0 Å². The zero-order chi connectivity index (χ0) is 34.9. The molecule has 53 heavy (non-hydrogen) atoms. The summed E-state index contributed by atoms with van der Waals surface area (Å²) in [4.78, 5) is 15.4. The van der Waals surface area contributed by atoms with Crippen molar-refractivity contribution in [1.29, 1.82) is 0 Å². The molecule has 2 aromatic heterocycles. The molecule has 0 spiro atoms. The zero-order valence-electron chi connectivity index (χ0n) is 28.5. The third kappa shape index (κ3) is 4.80. The van der Waals surface area contributed by atoms with Gasteiger partial charge in [0, 0.05) is 27.5 Å². The van der Waals surface area contributed by atoms with Crippen LogP contribution >= 0.6 is 0 Å². The minimum Gasteiger partial charge on any atom is -0.456 e. The lowest BCUT2D eigenvalue weighted by molar-refractivity contribution is 0.669. The lowest BCUT2D eigenvalue weighted by Gasteiger charge is -2.13. The predicted octanol–water partition coefficient (Wildman–Crippen LogP) is 13.1. The van der Waals surface area contributed by atoms with Gasteiger partial charge in [0.25, 0.3) is 0 Å². The van der Waals surface area contributed by atoms with Crippen molar-refractivity contribution in [2.45, 2.75) is 0 Å². The van der Waals surface area contributed by atoms with Crippen LogP contribution in [0.4, 0.5) is 0 Å². The number of furan rings is 1. The van der Waals surface area contributed by atoms with Crippen LogP contribution < -0.4 is 0 Å². The molecule has 0 aliphatic heterocycles. The van der Waals surface area contributed by atoms with Gasteiger partial charge in [0.05, 0.1) is 0 Å². The van der Waals surface area contributed by atoms with Gasteiger partial charge in [-0.25, -0.2) is 15.0 Å². The Balaban J connectivity index is 1.09. The Morgan fingerprint density at radius 1 is 0.302 bits per heavy atom. The highest BCUT2D eigenvalue weighted by Crippen LogP contribution is 2.39. The van der Waals surface area contributed by atoms with E-state index in [-0.39, 0.29) is 0 Å². The molecule has 0 saturated carbocycles. The molecule has 4 heteroatoms. The Labute approximate surface area is 304 Å². The first-order valence-corrected chi connectivity index (χ1v) is 17.9. The molecule has 246 valence electrons. The van der Waals surface area contributed by atoms with Gasteiger partial charge < -0.3 is 4.42 Å². The highest BCUT2D eigenvalue weighted by molar-refractivity contribution is 6.25. The Morgan fingerprint density at radius 2 is 0.792 bits per heavy atom. The Morgan fingerprint density at radius 3 is 1.51 bits per heavy atom. The van der Waals surface area contributed by atoms with Gasteiger partial charge in [-0.2, -0.15) is 0 Å². The van der Waals surface area contributed by atoms with Crippen molar-refractivity contribution < 1.29 is 4.42 Å². The Bertz CT molecular complexity index is 3200. The van der Waals surface area contributed by atoms with Crippen LogP contribution in [0.15, 0.2) is 180 Å². The zero-order valence-corrected chi connectivity index (χ0v) is 28.5. The van der Waals surface area contributed by atoms with Crippen molar-refractivity contribution >= 4 is 65.0 Å². The number of nitrogens with zero attached hydrogens (tertiary/aromatic N) is 3. The van der Waals surface area contributed by atoms with E-state index in [4.69, 9.17) is 19.4 Å². The number of aromatic nitrogens is 3. The number of hydrogen-bond donors (Lipinski definition) is 0. The minimum atomic E-state index is 0.625. The van der Waals surface area contributed by atoms with Crippen molar-refractivity contribution in [3.8, 4) is 45.3 Å². The predicted molar refractivity (Wildman–Crippen MR) is 219 cm³/mol. The van der Waals surface area contributed by atoms with Crippen LogP contribution in [0.1, 0.15) is 0 Å². The van der Waals surface area contributed by atoms with Gasteiger partial charge in [0.2, 0.25) is 0 Å². The summed E-state index contributed by atoms with van der Waals surface area (Å²) in [6.45, 7) is 0. The summed E-state index contributed by atoms with van der Waals surface area (Å²) in [5, 5.41) is 11.9. The van der Waals surface area contributed by atoms with E-state index in [0.717, 1.165) is 55.1 Å². The molecule has 0 aliphatic carbocycles. The summed E-state index contributed by atoms with van der Waals surface area (Å²) < 4.78 is 6.19. The van der Waals surface area contributed by atoms with E-state index in [9.17, 15) is 0 Å². The third-order valence-corrected chi connectivity index (χ3v) is 10.5. The largest absolute Gasteiger partial charge is 0.456 e. The lowest BCUT2D eigenvalue weighted by atomic mass is 9.93. The van der Waals surface area contributed by atoms with E-state index in [1.54, 1.807) is 0 Å². The first-order valence-electron chi connectivity index (χ1n) is 17.9. The van der Waals surface area contributed by atoms with Crippen molar-refractivity contribution in [1.82, 2.24) is 15.0 Å². The standard InChI is InChI=1S/C49H29N3O/c1-2-11-33-28-34(25-20-30(33)10-1)48-50-47(32-23-21-31(22-24-32)36-17-9-19-45-46(36)42-16-7-8-18-44(42)53-45)51-49(52-48)35-26-27-41-39-14-4-3-12-37(39)38-13-5-6-15-40(38)43(41)29-35/h1-29H. The summed E-state index contributed by atoms with van der Waals surface area (Å²) in [5.41, 5.74) is 6.80. The molecule has 0 bridgehead atoms. The SMILES string of the molecule is c1ccc2cc(-c3nc(-c4ccc(-c5cccc6oc7ccccc7c56)cc4)nc(-c4ccc5c6ccccc6c6ccccc6c5c4)n3)ccc2c1. The molecule has 0 atom stereocenters. The van der Waals surface area contributed by atoms with Gasteiger partial charge in [-0.1, -0.05) is 152 Å². The van der Waals surface area contributed by atoms with E-state index in [1.165, 1.54) is 37.7 Å². The van der Waals surface area contributed by atoms with E-state index < -0.39 is 0 Å². The molecule has 4 nitrogen and oxygen atoms in total. The second-order valence-corrected chi connectivity index (χ2v) is 13.6. The molecule has 0 saturated heterocycles. The van der Waals surface area contributed by atoms with Crippen LogP contribution in [-0.4, -0.2) is 15.0 Å². The number of hydrogen-bond acceptors (Lipinski definition) is 4. The molecule has 11 rings (SSSR count). The Kier molecular flexibility index (Phi) is 6.52. The van der Waals surface area contributed by atoms with Crippen molar-refractivity contribution in [2.75, 3.05) is 0 Å². The van der Waals surface area contributed by atoms with Crippen LogP contribution in [0.3, 0.4) is 0 Å². The summed E-state index contributed by atoms with van der Waals surface area (Å²) in [5.74, 6) is 1.90. The van der Waals surface area contributed by atoms with Gasteiger partial charge in [-0.3, -0.25) is 0 Å². The van der Waals surface area contributed by atoms with Crippen LogP contribution in [0.2, 0.25) is 0 Å². The molecular formula is C49H29N3O. The molecule has 0 unspecified atom stereocenters. The van der Waals surface area contributed by atoms with Crippen molar-refractivity contribution in [2.24, 2.45) is 0 Å². The molecule has 9 aromatic carbocycles. The second kappa shape index (κ2) is 11.7. The molecular weight excluding hydrogens is 647 g/mol. The molecule has 0 amide bonds. The number of benzene rings is 9. The number of rotatable bonds is 4. The molecule has 0 fully saturated rings. The first kappa shape index (κ1) is 29.5. The van der Waals surface area contributed by atoms with E-state index in [2.05, 4.69) is 158 Å². The topological polar surface area (TPSA) is 51.8 Å². The molecule has 0 N–H and O–H groups in total. The maximum atomic E-state index is 6.19. The summed E-state index contributed by atoms with van der Waals surface area (Å²) >= 11 is 0. The fraction of sp³-hybridized carbons (Fsp3) is 0. The normalized spacial score (nSPS) is 11.8. The van der Waals surface area contributed by atoms with E-state index in [1.807, 2.05) is 18.2 Å². The monoisotopic (exact) mass is 675 g/mol. The van der Waals surface area contributed by atoms with Gasteiger partial charge >= 0.3 is 0 Å². The Hall–Kier alpha value is -7.17. The fourth-order valence-electron chi connectivity index (χ4n) is 7.95. The molecule has 2 heterocycles. The van der Waals surface area contributed by atoms with Crippen LogP contribution in [0.5, 0.6) is 0 Å². The van der Waals surface area contributed by atoms with Crippen molar-refractivity contribution in [3.05, 3.63) is 176 Å². The quantitative estimate of drug-likeness (QED) is 0.174. The molecule has 0 radical (unpaired) electrons. The van der Waals surface area contributed by atoms with Gasteiger partial charge in [-0.05, 0) is 78.5 Å². The number of para-hydroxylation sites is 1. The highest BCUT2D eigenvalue weighted by atomic mass is 16.3. The highest BCUT2D eigenvalue weighted by Gasteiger charge is 2.17. The third-order valence-electron chi connectivity index (χ3n) is 10.5. The summed E-state index contributed by atoms with van der Waals surface area (Å²) in [6, 6.07) is 61.7. The average Bonchev–Trinajstić information content (AvgIpc) is 3.62. The van der Waals surface area contributed by atoms with Crippen molar-refractivity contribution in [3.63, 3.8) is 0 Å². The van der Waals surface area contributed by atoms with Crippen LogP contribution in [0.25, 0.3) is 110 Å². The molecule has 11 aromatic rings. The molecule has 0 aliphatic rings. The van der Waals surface area contributed by atoms with Gasteiger partial charge in [0.15, 0.2) is 17.5 Å². The van der Waals surface area contributed by atoms with Crippen LogP contribution in [0, 0.1) is 0 Å². The second-order valence-electron chi connectivity index (χ2n) is 13.6. The minimum absolute atomic E-state index is 0.625.